The van der Waals surface area contributed by atoms with E-state index in [4.69, 9.17) is 5.73 Å². The van der Waals surface area contributed by atoms with Gasteiger partial charge in [-0.25, -0.2) is 0 Å². The van der Waals surface area contributed by atoms with Crippen LogP contribution >= 0.6 is 0 Å². The molecule has 0 fully saturated rings. The van der Waals surface area contributed by atoms with Crippen LogP contribution in [0.15, 0.2) is 0 Å². The van der Waals surface area contributed by atoms with Crippen LogP contribution < -0.4 is 16.4 Å². The molecule has 0 aromatic rings. The van der Waals surface area contributed by atoms with Gasteiger partial charge in [0, 0.05) is 6.04 Å². The van der Waals surface area contributed by atoms with Crippen molar-refractivity contribution in [3.05, 3.63) is 0 Å². The number of carbonyl (C=O) groups is 2. The maximum atomic E-state index is 14.0. The van der Waals surface area contributed by atoms with Crippen LogP contribution in [0.1, 0.15) is 108 Å². The highest BCUT2D eigenvalue weighted by Crippen LogP contribution is 2.26. The van der Waals surface area contributed by atoms with Crippen LogP contribution in [0.3, 0.4) is 0 Å². The van der Waals surface area contributed by atoms with Crippen LogP contribution in [0, 0.1) is 17.8 Å². The Bertz CT molecular complexity index is 603. The molecule has 0 rings (SSSR count). The van der Waals surface area contributed by atoms with Gasteiger partial charge in [0.15, 0.2) is 11.6 Å². The molecule has 0 saturated carbocycles. The first kappa shape index (κ1) is 32.2. The third-order valence-corrected chi connectivity index (χ3v) is 6.98. The number of nitrogens with two attached hydrogens (primary N) is 1. The first-order chi connectivity index (χ1) is 15.0. The molecular weight excluding hydrogens is 414 g/mol. The Labute approximate surface area is 204 Å². The molecule has 0 saturated heterocycles. The second-order valence-electron chi connectivity index (χ2n) is 11.7. The molecule has 33 heavy (non-hydrogen) atoms. The van der Waals surface area contributed by atoms with Gasteiger partial charge in [0.2, 0.25) is 0 Å². The van der Waals surface area contributed by atoms with E-state index in [-0.39, 0.29) is 35.5 Å². The van der Waals surface area contributed by atoms with E-state index >= 15 is 0 Å². The van der Waals surface area contributed by atoms with Crippen LogP contribution in [-0.4, -0.2) is 52.0 Å². The van der Waals surface area contributed by atoms with Gasteiger partial charge in [-0.05, 0) is 71.1 Å². The summed E-state index contributed by atoms with van der Waals surface area (Å²) in [5.74, 6) is 0.601. The monoisotopic (exact) mass is 469 g/mol. The van der Waals surface area contributed by atoms with Crippen molar-refractivity contribution < 1.29 is 14.7 Å². The number of Topliss-reactive ketones (excluding diaryl/α,β-unsaturated/α-hetero) is 2. The fraction of sp³-hybridized carbons (Fsp3) is 0.926. The topological polar surface area (TPSA) is 104 Å². The molecular formula is C27H55N3O3. The molecule has 0 aliphatic carbocycles. The summed E-state index contributed by atoms with van der Waals surface area (Å²) in [6.45, 7) is 21.9. The van der Waals surface area contributed by atoms with Gasteiger partial charge in [-0.3, -0.25) is 14.9 Å². The van der Waals surface area contributed by atoms with Crippen LogP contribution in [0.5, 0.6) is 0 Å². The minimum Gasteiger partial charge on any atom is -0.391 e. The lowest BCUT2D eigenvalue weighted by Gasteiger charge is -2.41. The van der Waals surface area contributed by atoms with Crippen LogP contribution in [0.25, 0.3) is 0 Å². The summed E-state index contributed by atoms with van der Waals surface area (Å²) < 4.78 is 0. The van der Waals surface area contributed by atoms with Crippen molar-refractivity contribution >= 4 is 11.6 Å². The fourth-order valence-corrected chi connectivity index (χ4v) is 4.36. The van der Waals surface area contributed by atoms with E-state index in [0.717, 1.165) is 19.3 Å². The quantitative estimate of drug-likeness (QED) is 0.254. The van der Waals surface area contributed by atoms with Crippen molar-refractivity contribution in [2.75, 3.05) is 0 Å². The number of aliphatic hydroxyl groups excluding tert-OH is 1. The Morgan fingerprint density at radius 3 is 1.82 bits per heavy atom. The van der Waals surface area contributed by atoms with Crippen molar-refractivity contribution in [1.29, 1.82) is 0 Å². The van der Waals surface area contributed by atoms with E-state index in [1.54, 1.807) is 13.8 Å². The third-order valence-electron chi connectivity index (χ3n) is 6.98. The van der Waals surface area contributed by atoms with Gasteiger partial charge in [0.05, 0.1) is 29.3 Å². The number of nitrogens with one attached hydrogen (secondary N) is 2. The van der Waals surface area contributed by atoms with E-state index in [1.165, 1.54) is 0 Å². The molecule has 0 bridgehead atoms. The first-order valence-electron chi connectivity index (χ1n) is 13.1. The normalized spacial score (nSPS) is 20.6. The second kappa shape index (κ2) is 13.9. The largest absolute Gasteiger partial charge is 0.391 e. The molecule has 5 N–H and O–H groups in total. The first-order valence-corrected chi connectivity index (χ1v) is 13.1. The van der Waals surface area contributed by atoms with Crippen LogP contribution in [0.2, 0.25) is 0 Å². The Morgan fingerprint density at radius 2 is 1.42 bits per heavy atom. The maximum Gasteiger partial charge on any atom is 0.171 e. The Balaban J connectivity index is 6.15. The highest BCUT2D eigenvalue weighted by atomic mass is 16.3. The summed E-state index contributed by atoms with van der Waals surface area (Å²) in [5.41, 5.74) is 4.40. The number of carbonyl (C=O) groups excluding carboxylic acids is 2. The van der Waals surface area contributed by atoms with Gasteiger partial charge in [-0.2, -0.15) is 0 Å². The van der Waals surface area contributed by atoms with E-state index in [2.05, 4.69) is 66.0 Å². The highest BCUT2D eigenvalue weighted by molar-refractivity contribution is 5.96. The predicted molar refractivity (Wildman–Crippen MR) is 139 cm³/mol. The third kappa shape index (κ3) is 10.1. The number of ketones is 2. The van der Waals surface area contributed by atoms with Gasteiger partial charge >= 0.3 is 0 Å². The smallest absolute Gasteiger partial charge is 0.171 e. The zero-order chi connectivity index (χ0) is 26.1. The molecule has 6 heteroatoms. The summed E-state index contributed by atoms with van der Waals surface area (Å²) in [6.07, 6.45) is 2.74. The average Bonchev–Trinajstić information content (AvgIpc) is 2.71. The lowest BCUT2D eigenvalue weighted by molar-refractivity contribution is -0.133. The average molecular weight is 470 g/mol. The second-order valence-corrected chi connectivity index (χ2v) is 11.7. The van der Waals surface area contributed by atoms with Gasteiger partial charge in [0.25, 0.3) is 0 Å². The van der Waals surface area contributed by atoms with Gasteiger partial charge in [-0.1, -0.05) is 54.9 Å². The number of hydrogen-bond acceptors (Lipinski definition) is 6. The molecule has 0 aromatic heterocycles. The van der Waals surface area contributed by atoms with Crippen molar-refractivity contribution in [2.24, 2.45) is 23.5 Å². The van der Waals surface area contributed by atoms with Crippen LogP contribution in [-0.2, 0) is 9.59 Å². The molecule has 0 aliphatic heterocycles. The molecule has 5 unspecified atom stereocenters. The lowest BCUT2D eigenvalue weighted by atomic mass is 9.77. The summed E-state index contributed by atoms with van der Waals surface area (Å²) in [6, 6.07) is -1.05. The van der Waals surface area contributed by atoms with Crippen LogP contribution in [0.4, 0.5) is 0 Å². The summed E-state index contributed by atoms with van der Waals surface area (Å²) >= 11 is 0. The Kier molecular flexibility index (Phi) is 13.6. The van der Waals surface area contributed by atoms with Crippen molar-refractivity contribution in [1.82, 2.24) is 10.6 Å². The molecule has 0 spiro atoms. The highest BCUT2D eigenvalue weighted by Gasteiger charge is 2.45. The molecule has 0 aromatic carbocycles. The zero-order valence-electron chi connectivity index (χ0n) is 23.4. The maximum absolute atomic E-state index is 14.0. The Morgan fingerprint density at radius 1 is 0.879 bits per heavy atom. The van der Waals surface area contributed by atoms with Crippen molar-refractivity contribution in [3.63, 3.8) is 0 Å². The lowest BCUT2D eigenvalue weighted by Crippen LogP contribution is -2.67. The standard InChI is InChI=1S/C27H55N3O3/c1-12-19(7)22(29-20(8)13-2)25(33)27(11,16-18(5)6)30-23(21(9)31)24(32)26(10,28)15-14-17(3)4/h17-23,29-31H,12-16,28H2,1-11H3/t19?,20?,21?,22?,23?,26-,27-/m0/s1. The zero-order valence-corrected chi connectivity index (χ0v) is 23.4. The minimum atomic E-state index is -1.08. The van der Waals surface area contributed by atoms with Gasteiger partial charge in [0.1, 0.15) is 0 Å². The molecule has 7 atom stereocenters. The number of aliphatic hydroxyl groups is 1. The molecule has 0 heterocycles. The molecule has 0 radical (unpaired) electrons. The van der Waals surface area contributed by atoms with Crippen molar-refractivity contribution in [3.8, 4) is 0 Å². The van der Waals surface area contributed by atoms with Gasteiger partial charge < -0.3 is 16.2 Å². The summed E-state index contributed by atoms with van der Waals surface area (Å²) in [4.78, 5) is 27.6. The minimum absolute atomic E-state index is 0.0465. The molecule has 0 aliphatic rings. The number of hydrogen-bond donors (Lipinski definition) is 4. The van der Waals surface area contributed by atoms with E-state index < -0.39 is 23.2 Å². The van der Waals surface area contributed by atoms with E-state index in [1.807, 2.05) is 6.92 Å². The molecule has 196 valence electrons. The van der Waals surface area contributed by atoms with Gasteiger partial charge in [-0.15, -0.1) is 0 Å². The Hall–Kier alpha value is -0.820. The van der Waals surface area contributed by atoms with E-state index in [0.29, 0.717) is 18.8 Å². The number of rotatable bonds is 17. The molecule has 0 amide bonds. The summed E-state index contributed by atoms with van der Waals surface area (Å²) in [7, 11) is 0. The van der Waals surface area contributed by atoms with E-state index in [9.17, 15) is 14.7 Å². The summed E-state index contributed by atoms with van der Waals surface area (Å²) in [5, 5.41) is 17.5. The molecule has 6 nitrogen and oxygen atoms in total. The SMILES string of the molecule is CCC(C)NC(C(=O)[C@](C)(CC(C)C)NC(C(=O)[C@@](C)(N)CCC(C)C)C(C)O)C(C)CC. The fourth-order valence-electron chi connectivity index (χ4n) is 4.36. The predicted octanol–water partition coefficient (Wildman–Crippen LogP) is 4.22. The van der Waals surface area contributed by atoms with Crippen molar-refractivity contribution in [2.45, 2.75) is 144 Å².